The standard InChI is InChI=1S/C22H17N3O3/c26-25(27)17-10-6-9-16(13-17)19-14-20-18-11-4-5-12-21(18)28-22(24(20)23-19)15-7-2-1-3-8-15/h1-13,20,22H,14H2. The van der Waals surface area contributed by atoms with Gasteiger partial charge in [0.2, 0.25) is 6.23 Å². The van der Waals surface area contributed by atoms with Crippen molar-refractivity contribution in [1.82, 2.24) is 5.01 Å². The molecule has 6 nitrogen and oxygen atoms in total. The van der Waals surface area contributed by atoms with Crippen LogP contribution in [0.25, 0.3) is 0 Å². The first-order valence-corrected chi connectivity index (χ1v) is 9.12. The summed E-state index contributed by atoms with van der Waals surface area (Å²) in [6.45, 7) is 0. The number of para-hydroxylation sites is 1. The summed E-state index contributed by atoms with van der Waals surface area (Å²) in [6.07, 6.45) is 0.336. The lowest BCUT2D eigenvalue weighted by molar-refractivity contribution is -0.384. The molecular weight excluding hydrogens is 354 g/mol. The number of nitrogens with zero attached hydrogens (tertiary/aromatic N) is 3. The number of hydrogen-bond donors (Lipinski definition) is 0. The summed E-state index contributed by atoms with van der Waals surface area (Å²) in [7, 11) is 0. The maximum Gasteiger partial charge on any atom is 0.270 e. The summed E-state index contributed by atoms with van der Waals surface area (Å²) in [4.78, 5) is 10.8. The van der Waals surface area contributed by atoms with Crippen LogP contribution in [0.4, 0.5) is 5.69 Å². The number of rotatable bonds is 3. The van der Waals surface area contributed by atoms with Crippen LogP contribution >= 0.6 is 0 Å². The van der Waals surface area contributed by atoms with E-state index in [9.17, 15) is 10.1 Å². The zero-order valence-corrected chi connectivity index (χ0v) is 14.9. The molecule has 0 radical (unpaired) electrons. The minimum absolute atomic E-state index is 0.0319. The van der Waals surface area contributed by atoms with Crippen molar-refractivity contribution in [2.24, 2.45) is 5.10 Å². The van der Waals surface area contributed by atoms with Crippen molar-refractivity contribution in [1.29, 1.82) is 0 Å². The molecule has 138 valence electrons. The lowest BCUT2D eigenvalue weighted by Gasteiger charge is -2.38. The second kappa shape index (κ2) is 6.49. The molecule has 2 aliphatic heterocycles. The van der Waals surface area contributed by atoms with Crippen molar-refractivity contribution in [3.63, 3.8) is 0 Å². The second-order valence-electron chi connectivity index (χ2n) is 6.87. The van der Waals surface area contributed by atoms with Crippen LogP contribution in [-0.2, 0) is 0 Å². The number of fused-ring (bicyclic) bond motifs is 3. The van der Waals surface area contributed by atoms with E-state index in [0.717, 1.165) is 28.2 Å². The summed E-state index contributed by atoms with van der Waals surface area (Å²) < 4.78 is 6.29. The lowest BCUT2D eigenvalue weighted by atomic mass is 9.96. The van der Waals surface area contributed by atoms with Gasteiger partial charge in [0.05, 0.1) is 16.7 Å². The van der Waals surface area contributed by atoms with Gasteiger partial charge in [0, 0.05) is 35.2 Å². The maximum atomic E-state index is 11.2. The Bertz CT molecular complexity index is 1080. The third-order valence-corrected chi connectivity index (χ3v) is 5.17. The zero-order chi connectivity index (χ0) is 19.1. The number of hydrogen-bond acceptors (Lipinski definition) is 5. The maximum absolute atomic E-state index is 11.2. The lowest BCUT2D eigenvalue weighted by Crippen LogP contribution is -2.33. The van der Waals surface area contributed by atoms with Crippen LogP contribution in [0.3, 0.4) is 0 Å². The summed E-state index contributed by atoms with van der Waals surface area (Å²) in [5.41, 5.74) is 3.77. The molecule has 0 aromatic heterocycles. The predicted octanol–water partition coefficient (Wildman–Crippen LogP) is 4.84. The van der Waals surface area contributed by atoms with Gasteiger partial charge in [0.25, 0.3) is 5.69 Å². The van der Waals surface area contributed by atoms with E-state index in [2.05, 4.69) is 6.07 Å². The average Bonchev–Trinajstić information content (AvgIpc) is 3.20. The van der Waals surface area contributed by atoms with Crippen molar-refractivity contribution in [2.45, 2.75) is 18.7 Å². The van der Waals surface area contributed by atoms with E-state index in [1.54, 1.807) is 12.1 Å². The Morgan fingerprint density at radius 2 is 1.79 bits per heavy atom. The predicted molar refractivity (Wildman–Crippen MR) is 105 cm³/mol. The second-order valence-corrected chi connectivity index (χ2v) is 6.87. The van der Waals surface area contributed by atoms with Crippen molar-refractivity contribution in [2.75, 3.05) is 0 Å². The van der Waals surface area contributed by atoms with Crippen molar-refractivity contribution in [3.05, 3.63) is 106 Å². The molecular formula is C22H17N3O3. The van der Waals surface area contributed by atoms with E-state index in [1.165, 1.54) is 6.07 Å². The van der Waals surface area contributed by atoms with Gasteiger partial charge in [-0.05, 0) is 6.07 Å². The van der Waals surface area contributed by atoms with Gasteiger partial charge in [-0.15, -0.1) is 0 Å². The van der Waals surface area contributed by atoms with E-state index in [-0.39, 0.29) is 22.9 Å². The molecule has 3 aromatic rings. The summed E-state index contributed by atoms with van der Waals surface area (Å²) >= 11 is 0. The van der Waals surface area contributed by atoms with Crippen LogP contribution in [0.1, 0.15) is 35.4 Å². The molecule has 2 heterocycles. The van der Waals surface area contributed by atoms with Crippen molar-refractivity contribution < 1.29 is 9.66 Å². The normalized spacial score (nSPS) is 20.0. The van der Waals surface area contributed by atoms with Crippen LogP contribution in [0.5, 0.6) is 5.75 Å². The molecule has 2 aliphatic rings. The minimum Gasteiger partial charge on any atom is -0.464 e. The van der Waals surface area contributed by atoms with E-state index in [1.807, 2.05) is 59.6 Å². The molecule has 3 aromatic carbocycles. The van der Waals surface area contributed by atoms with Crippen LogP contribution in [0, 0.1) is 10.1 Å². The molecule has 0 amide bonds. The van der Waals surface area contributed by atoms with E-state index in [4.69, 9.17) is 9.84 Å². The molecule has 0 fully saturated rings. The zero-order valence-electron chi connectivity index (χ0n) is 14.9. The van der Waals surface area contributed by atoms with E-state index < -0.39 is 0 Å². The third kappa shape index (κ3) is 2.70. The van der Waals surface area contributed by atoms with E-state index in [0.29, 0.717) is 6.42 Å². The number of benzene rings is 3. The third-order valence-electron chi connectivity index (χ3n) is 5.17. The molecule has 0 bridgehead atoms. The highest BCUT2D eigenvalue weighted by atomic mass is 16.6. The Morgan fingerprint density at radius 1 is 1.00 bits per heavy atom. The Balaban J connectivity index is 1.59. The van der Waals surface area contributed by atoms with E-state index >= 15 is 0 Å². The van der Waals surface area contributed by atoms with Gasteiger partial charge in [-0.2, -0.15) is 5.10 Å². The molecule has 28 heavy (non-hydrogen) atoms. The molecule has 0 saturated heterocycles. The van der Waals surface area contributed by atoms with Gasteiger partial charge in [-0.25, -0.2) is 5.01 Å². The van der Waals surface area contributed by atoms with Crippen molar-refractivity contribution in [3.8, 4) is 5.75 Å². The highest BCUT2D eigenvalue weighted by molar-refractivity contribution is 6.02. The van der Waals surface area contributed by atoms with Crippen LogP contribution in [0.2, 0.25) is 0 Å². The number of non-ortho nitro benzene ring substituents is 1. The van der Waals surface area contributed by atoms with Gasteiger partial charge in [-0.3, -0.25) is 10.1 Å². The molecule has 0 aliphatic carbocycles. The topological polar surface area (TPSA) is 68.0 Å². The fourth-order valence-corrected chi connectivity index (χ4v) is 3.85. The Kier molecular flexibility index (Phi) is 3.83. The summed E-state index contributed by atoms with van der Waals surface area (Å²) in [5, 5.41) is 18.0. The molecule has 0 N–H and O–H groups in total. The van der Waals surface area contributed by atoms with Gasteiger partial charge in [-0.1, -0.05) is 60.7 Å². The first-order valence-electron chi connectivity index (χ1n) is 9.12. The van der Waals surface area contributed by atoms with Crippen LogP contribution < -0.4 is 4.74 Å². The summed E-state index contributed by atoms with van der Waals surface area (Å²) in [5.74, 6) is 0.855. The molecule has 2 atom stereocenters. The average molecular weight is 371 g/mol. The van der Waals surface area contributed by atoms with Gasteiger partial charge < -0.3 is 4.74 Å². The Morgan fingerprint density at radius 3 is 2.61 bits per heavy atom. The first kappa shape index (κ1) is 16.5. The van der Waals surface area contributed by atoms with Crippen LogP contribution in [-0.4, -0.2) is 15.6 Å². The number of nitro groups is 1. The highest BCUT2D eigenvalue weighted by Gasteiger charge is 2.40. The quantitative estimate of drug-likeness (QED) is 0.488. The van der Waals surface area contributed by atoms with Crippen molar-refractivity contribution >= 4 is 11.4 Å². The van der Waals surface area contributed by atoms with Gasteiger partial charge in [0.15, 0.2) is 0 Å². The SMILES string of the molecule is O=[N+]([O-])c1cccc(C2=NN3C(C2)c2ccccc2OC3c2ccccc2)c1. The summed E-state index contributed by atoms with van der Waals surface area (Å²) in [6, 6.07) is 24.7. The molecule has 0 spiro atoms. The fraction of sp³-hybridized carbons (Fsp3) is 0.136. The van der Waals surface area contributed by atoms with Crippen LogP contribution in [0.15, 0.2) is 84.0 Å². The monoisotopic (exact) mass is 371 g/mol. The number of hydrazone groups is 1. The number of nitro benzene ring substituents is 1. The Labute approximate surface area is 161 Å². The first-order chi connectivity index (χ1) is 13.7. The number of ether oxygens (including phenoxy) is 1. The van der Waals surface area contributed by atoms with Gasteiger partial charge >= 0.3 is 0 Å². The molecule has 0 saturated carbocycles. The molecule has 5 rings (SSSR count). The molecule has 2 unspecified atom stereocenters. The smallest absolute Gasteiger partial charge is 0.270 e. The fourth-order valence-electron chi connectivity index (χ4n) is 3.85. The minimum atomic E-state index is -0.377. The largest absolute Gasteiger partial charge is 0.464 e. The Hall–Kier alpha value is -3.67. The highest BCUT2D eigenvalue weighted by Crippen LogP contribution is 2.47. The molecule has 6 heteroatoms. The van der Waals surface area contributed by atoms with Gasteiger partial charge in [0.1, 0.15) is 5.75 Å².